The standard InChI is InChI=1S/C9H9N3O2S/c1-15(13,14)12-6-5-11-9(12)8-3-2-4-10-7-8/h2-7H,1H3. The quantitative estimate of drug-likeness (QED) is 0.753. The van der Waals surface area contributed by atoms with Crippen LogP contribution in [0.25, 0.3) is 11.4 Å². The van der Waals surface area contributed by atoms with Crippen molar-refractivity contribution >= 4 is 10.0 Å². The van der Waals surface area contributed by atoms with Gasteiger partial charge in [-0.2, -0.15) is 0 Å². The van der Waals surface area contributed by atoms with E-state index in [1.807, 2.05) is 0 Å². The summed E-state index contributed by atoms with van der Waals surface area (Å²) in [6.45, 7) is 0. The van der Waals surface area contributed by atoms with Gasteiger partial charge in [0.25, 0.3) is 0 Å². The summed E-state index contributed by atoms with van der Waals surface area (Å²) < 4.78 is 23.9. The van der Waals surface area contributed by atoms with E-state index in [0.717, 1.165) is 10.2 Å². The van der Waals surface area contributed by atoms with Crippen molar-refractivity contribution in [2.24, 2.45) is 0 Å². The number of hydrogen-bond acceptors (Lipinski definition) is 4. The number of imidazole rings is 1. The Morgan fingerprint density at radius 2 is 2.13 bits per heavy atom. The van der Waals surface area contributed by atoms with Crippen molar-refractivity contribution in [3.63, 3.8) is 0 Å². The first-order valence-corrected chi connectivity index (χ1v) is 6.08. The van der Waals surface area contributed by atoms with Crippen LogP contribution < -0.4 is 0 Å². The largest absolute Gasteiger partial charge is 0.264 e. The van der Waals surface area contributed by atoms with Gasteiger partial charge < -0.3 is 0 Å². The molecule has 5 nitrogen and oxygen atoms in total. The summed E-state index contributed by atoms with van der Waals surface area (Å²) >= 11 is 0. The Morgan fingerprint density at radius 1 is 1.33 bits per heavy atom. The van der Waals surface area contributed by atoms with Crippen molar-refractivity contribution in [3.8, 4) is 11.4 Å². The lowest BCUT2D eigenvalue weighted by molar-refractivity contribution is 0.594. The van der Waals surface area contributed by atoms with Crippen LogP contribution in [-0.2, 0) is 10.0 Å². The average Bonchev–Trinajstić information content (AvgIpc) is 2.67. The van der Waals surface area contributed by atoms with E-state index in [1.54, 1.807) is 24.5 Å². The molecule has 0 fully saturated rings. The van der Waals surface area contributed by atoms with Crippen LogP contribution in [0.1, 0.15) is 0 Å². The van der Waals surface area contributed by atoms with Gasteiger partial charge >= 0.3 is 0 Å². The minimum absolute atomic E-state index is 0.380. The topological polar surface area (TPSA) is 64.8 Å². The molecule has 2 heterocycles. The predicted octanol–water partition coefficient (Wildman–Crippen LogP) is 0.753. The molecule has 0 saturated carbocycles. The molecule has 2 aromatic heterocycles. The van der Waals surface area contributed by atoms with Crippen molar-refractivity contribution in [1.29, 1.82) is 0 Å². The number of rotatable bonds is 2. The fourth-order valence-electron chi connectivity index (χ4n) is 1.26. The number of nitrogens with zero attached hydrogens (tertiary/aromatic N) is 3. The van der Waals surface area contributed by atoms with Gasteiger partial charge in [0.1, 0.15) is 0 Å². The molecular weight excluding hydrogens is 214 g/mol. The molecule has 0 bridgehead atoms. The third-order valence-electron chi connectivity index (χ3n) is 1.88. The summed E-state index contributed by atoms with van der Waals surface area (Å²) in [6.07, 6.45) is 7.19. The monoisotopic (exact) mass is 223 g/mol. The molecule has 78 valence electrons. The van der Waals surface area contributed by atoms with Gasteiger partial charge in [-0.3, -0.25) is 4.98 Å². The number of hydrogen-bond donors (Lipinski definition) is 0. The Hall–Kier alpha value is -1.69. The van der Waals surface area contributed by atoms with Crippen molar-refractivity contribution in [3.05, 3.63) is 36.9 Å². The molecular formula is C9H9N3O2S. The predicted molar refractivity (Wildman–Crippen MR) is 55.7 cm³/mol. The molecule has 0 aliphatic heterocycles. The summed E-state index contributed by atoms with van der Waals surface area (Å²) in [5.41, 5.74) is 0.674. The summed E-state index contributed by atoms with van der Waals surface area (Å²) in [5.74, 6) is 0.380. The zero-order valence-corrected chi connectivity index (χ0v) is 8.85. The Bertz CT molecular complexity index is 560. The smallest absolute Gasteiger partial charge is 0.237 e. The molecule has 0 atom stereocenters. The fraction of sp³-hybridized carbons (Fsp3) is 0.111. The molecule has 2 rings (SSSR count). The molecule has 0 spiro atoms. The van der Waals surface area contributed by atoms with Crippen LogP contribution in [0.3, 0.4) is 0 Å². The van der Waals surface area contributed by atoms with Crippen LogP contribution >= 0.6 is 0 Å². The molecule has 6 heteroatoms. The molecule has 0 aliphatic carbocycles. The Kier molecular flexibility index (Phi) is 2.28. The van der Waals surface area contributed by atoms with E-state index in [0.29, 0.717) is 11.4 Å². The van der Waals surface area contributed by atoms with E-state index < -0.39 is 10.0 Å². The van der Waals surface area contributed by atoms with Crippen LogP contribution in [0.2, 0.25) is 0 Å². The van der Waals surface area contributed by atoms with E-state index in [2.05, 4.69) is 9.97 Å². The highest BCUT2D eigenvalue weighted by Crippen LogP contribution is 2.16. The second-order valence-corrected chi connectivity index (χ2v) is 4.91. The molecule has 2 aromatic rings. The first kappa shape index (κ1) is 9.85. The Balaban J connectivity index is 2.61. The molecule has 0 saturated heterocycles. The van der Waals surface area contributed by atoms with Gasteiger partial charge in [0.05, 0.1) is 6.26 Å². The highest BCUT2D eigenvalue weighted by Gasteiger charge is 2.12. The maximum absolute atomic E-state index is 11.4. The molecule has 0 N–H and O–H groups in total. The van der Waals surface area contributed by atoms with E-state index >= 15 is 0 Å². The summed E-state index contributed by atoms with van der Waals surface area (Å²) in [4.78, 5) is 7.91. The average molecular weight is 223 g/mol. The zero-order valence-electron chi connectivity index (χ0n) is 8.03. The fourth-order valence-corrected chi connectivity index (χ4v) is 2.00. The molecule has 15 heavy (non-hydrogen) atoms. The van der Waals surface area contributed by atoms with Crippen LogP contribution in [0.5, 0.6) is 0 Å². The van der Waals surface area contributed by atoms with Gasteiger partial charge in [0.15, 0.2) is 5.82 Å². The first-order chi connectivity index (χ1) is 7.09. The van der Waals surface area contributed by atoms with Crippen molar-refractivity contribution < 1.29 is 8.42 Å². The van der Waals surface area contributed by atoms with Gasteiger partial charge in [-0.05, 0) is 12.1 Å². The van der Waals surface area contributed by atoms with Crippen LogP contribution in [0, 0.1) is 0 Å². The highest BCUT2D eigenvalue weighted by molar-refractivity contribution is 7.89. The number of aromatic nitrogens is 3. The maximum atomic E-state index is 11.4. The Labute approximate surface area is 87.5 Å². The normalized spacial score (nSPS) is 11.5. The van der Waals surface area contributed by atoms with Crippen LogP contribution in [0.4, 0.5) is 0 Å². The minimum Gasteiger partial charge on any atom is -0.264 e. The third-order valence-corrected chi connectivity index (χ3v) is 2.89. The SMILES string of the molecule is CS(=O)(=O)n1ccnc1-c1cccnc1. The van der Waals surface area contributed by atoms with E-state index in [1.165, 1.54) is 12.4 Å². The first-order valence-electron chi connectivity index (χ1n) is 4.23. The van der Waals surface area contributed by atoms with Crippen LogP contribution in [-0.4, -0.2) is 28.6 Å². The second kappa shape index (κ2) is 3.47. The van der Waals surface area contributed by atoms with Gasteiger partial charge in [-0.1, -0.05) is 0 Å². The zero-order chi connectivity index (χ0) is 10.9. The number of pyridine rings is 1. The minimum atomic E-state index is -3.31. The van der Waals surface area contributed by atoms with E-state index in [9.17, 15) is 8.42 Å². The van der Waals surface area contributed by atoms with Gasteiger partial charge in [-0.15, -0.1) is 0 Å². The van der Waals surface area contributed by atoms with Gasteiger partial charge in [0, 0.05) is 30.4 Å². The van der Waals surface area contributed by atoms with E-state index in [4.69, 9.17) is 0 Å². The molecule has 0 aromatic carbocycles. The van der Waals surface area contributed by atoms with Crippen molar-refractivity contribution in [1.82, 2.24) is 13.9 Å². The third kappa shape index (κ3) is 1.89. The molecule has 0 unspecified atom stereocenters. The second-order valence-electron chi connectivity index (χ2n) is 3.05. The maximum Gasteiger partial charge on any atom is 0.237 e. The lowest BCUT2D eigenvalue weighted by Gasteiger charge is -2.03. The summed E-state index contributed by atoms with van der Waals surface area (Å²) in [7, 11) is -3.31. The summed E-state index contributed by atoms with van der Waals surface area (Å²) in [5, 5.41) is 0. The van der Waals surface area contributed by atoms with E-state index in [-0.39, 0.29) is 0 Å². The lowest BCUT2D eigenvalue weighted by atomic mass is 10.3. The molecule has 0 radical (unpaired) electrons. The van der Waals surface area contributed by atoms with Crippen molar-refractivity contribution in [2.75, 3.05) is 6.26 Å². The molecule has 0 amide bonds. The molecule has 0 aliphatic rings. The van der Waals surface area contributed by atoms with Crippen molar-refractivity contribution in [2.45, 2.75) is 0 Å². The summed E-state index contributed by atoms with van der Waals surface area (Å²) in [6, 6.07) is 3.49. The van der Waals surface area contributed by atoms with Gasteiger partial charge in [-0.25, -0.2) is 17.4 Å². The van der Waals surface area contributed by atoms with Gasteiger partial charge in [0.2, 0.25) is 10.0 Å². The Morgan fingerprint density at radius 3 is 2.73 bits per heavy atom. The highest BCUT2D eigenvalue weighted by atomic mass is 32.2. The lowest BCUT2D eigenvalue weighted by Crippen LogP contribution is -2.10. The van der Waals surface area contributed by atoms with Crippen LogP contribution in [0.15, 0.2) is 36.9 Å².